The van der Waals surface area contributed by atoms with Crippen molar-refractivity contribution in [2.45, 2.75) is 19.1 Å². The highest BCUT2D eigenvalue weighted by atomic mass is 35.5. The molecule has 0 fully saturated rings. The first-order valence-corrected chi connectivity index (χ1v) is 6.76. The van der Waals surface area contributed by atoms with Gasteiger partial charge in [-0.15, -0.1) is 0 Å². The average Bonchev–Trinajstić information content (AvgIpc) is 2.38. The van der Waals surface area contributed by atoms with Gasteiger partial charge in [0.25, 0.3) is 0 Å². The zero-order valence-corrected chi connectivity index (χ0v) is 12.5. The lowest BCUT2D eigenvalue weighted by molar-refractivity contribution is -0.0282. The molecule has 1 aromatic carbocycles. The van der Waals surface area contributed by atoms with Gasteiger partial charge in [0.2, 0.25) is 0 Å². The molecule has 0 aliphatic carbocycles. The molecule has 1 aromatic rings. The number of hydrogen-bond donors (Lipinski definition) is 2. The Morgan fingerprint density at radius 1 is 1.26 bits per heavy atom. The molecule has 0 bridgehead atoms. The summed E-state index contributed by atoms with van der Waals surface area (Å²) in [7, 11) is 1.61. The molecule has 0 spiro atoms. The van der Waals surface area contributed by atoms with Crippen molar-refractivity contribution in [1.29, 1.82) is 0 Å². The molecule has 0 heterocycles. The Balaban J connectivity index is 2.29. The second kappa shape index (κ2) is 8.61. The van der Waals surface area contributed by atoms with E-state index in [1.54, 1.807) is 25.3 Å². The number of hydrogen-bond acceptors (Lipinski definition) is 4. The second-order valence-corrected chi connectivity index (χ2v) is 5.08. The van der Waals surface area contributed by atoms with Crippen LogP contribution in [-0.4, -0.2) is 44.2 Å². The van der Waals surface area contributed by atoms with Gasteiger partial charge in [0.05, 0.1) is 35.5 Å². The lowest BCUT2D eigenvalue weighted by atomic mass is 10.3. The fourth-order valence-corrected chi connectivity index (χ4v) is 1.76. The van der Waals surface area contributed by atoms with Crippen LogP contribution in [0.4, 0.5) is 5.69 Å². The first kappa shape index (κ1) is 16.5. The van der Waals surface area contributed by atoms with Crippen molar-refractivity contribution in [3.63, 3.8) is 0 Å². The number of ether oxygens (including phenoxy) is 2. The predicted molar refractivity (Wildman–Crippen MR) is 78.2 cm³/mol. The Hall–Kier alpha value is -0.520. The molecule has 0 aliphatic heterocycles. The number of benzene rings is 1. The predicted octanol–water partition coefficient (Wildman–Crippen LogP) is 2.82. The highest BCUT2D eigenvalue weighted by Crippen LogP contribution is 2.24. The Kier molecular flexibility index (Phi) is 7.49. The van der Waals surface area contributed by atoms with E-state index in [1.807, 2.05) is 6.92 Å². The average molecular weight is 308 g/mol. The van der Waals surface area contributed by atoms with Gasteiger partial charge >= 0.3 is 0 Å². The van der Waals surface area contributed by atoms with Crippen LogP contribution in [0.1, 0.15) is 6.92 Å². The molecule has 4 nitrogen and oxygen atoms in total. The van der Waals surface area contributed by atoms with Crippen molar-refractivity contribution in [3.05, 3.63) is 28.2 Å². The lowest BCUT2D eigenvalue weighted by Crippen LogP contribution is -2.28. The Bertz CT molecular complexity index is 390. The molecule has 6 heteroatoms. The van der Waals surface area contributed by atoms with E-state index in [4.69, 9.17) is 32.7 Å². The van der Waals surface area contributed by atoms with Gasteiger partial charge in [-0.05, 0) is 25.1 Å². The molecule has 0 radical (unpaired) electrons. The first-order valence-electron chi connectivity index (χ1n) is 6.00. The summed E-state index contributed by atoms with van der Waals surface area (Å²) in [6, 6.07) is 5.22. The highest BCUT2D eigenvalue weighted by molar-refractivity contribution is 6.42. The van der Waals surface area contributed by atoms with Gasteiger partial charge in [-0.3, -0.25) is 0 Å². The van der Waals surface area contributed by atoms with E-state index in [0.29, 0.717) is 23.2 Å². The van der Waals surface area contributed by atoms with Crippen molar-refractivity contribution in [1.82, 2.24) is 0 Å². The smallest absolute Gasteiger partial charge is 0.0945 e. The summed E-state index contributed by atoms with van der Waals surface area (Å²) in [5, 5.41) is 13.8. The van der Waals surface area contributed by atoms with Gasteiger partial charge in [-0.25, -0.2) is 0 Å². The summed E-state index contributed by atoms with van der Waals surface area (Å²) < 4.78 is 10.4. The fraction of sp³-hybridized carbons (Fsp3) is 0.538. The Morgan fingerprint density at radius 3 is 2.63 bits per heavy atom. The zero-order valence-electron chi connectivity index (χ0n) is 11.0. The minimum absolute atomic E-state index is 0.0374. The molecule has 2 atom stereocenters. The van der Waals surface area contributed by atoms with Crippen LogP contribution in [0.15, 0.2) is 18.2 Å². The maximum Gasteiger partial charge on any atom is 0.0945 e. The number of methoxy groups -OCH3 is 1. The zero-order chi connectivity index (χ0) is 14.3. The van der Waals surface area contributed by atoms with Crippen molar-refractivity contribution >= 4 is 28.9 Å². The van der Waals surface area contributed by atoms with Crippen molar-refractivity contribution in [2.24, 2.45) is 0 Å². The van der Waals surface area contributed by atoms with E-state index < -0.39 is 6.10 Å². The summed E-state index contributed by atoms with van der Waals surface area (Å²) in [5.74, 6) is 0. The molecular weight excluding hydrogens is 289 g/mol. The molecule has 108 valence electrons. The second-order valence-electron chi connectivity index (χ2n) is 4.26. The molecule has 2 unspecified atom stereocenters. The number of rotatable bonds is 8. The summed E-state index contributed by atoms with van der Waals surface area (Å²) in [4.78, 5) is 0. The third-order valence-electron chi connectivity index (χ3n) is 2.44. The van der Waals surface area contributed by atoms with Crippen LogP contribution in [0.2, 0.25) is 10.0 Å². The van der Waals surface area contributed by atoms with Gasteiger partial charge in [-0.1, -0.05) is 23.2 Å². The molecular formula is C13H19Cl2NO3. The fourth-order valence-electron chi connectivity index (χ4n) is 1.46. The normalized spacial score (nSPS) is 14.2. The maximum absolute atomic E-state index is 9.76. The number of anilines is 1. The van der Waals surface area contributed by atoms with Gasteiger partial charge in [0, 0.05) is 19.3 Å². The molecule has 19 heavy (non-hydrogen) atoms. The molecule has 1 rings (SSSR count). The van der Waals surface area contributed by atoms with Crippen LogP contribution in [-0.2, 0) is 9.47 Å². The number of aliphatic hydroxyl groups excluding tert-OH is 1. The summed E-state index contributed by atoms with van der Waals surface area (Å²) in [6.45, 7) is 3.02. The van der Waals surface area contributed by atoms with E-state index in [-0.39, 0.29) is 12.7 Å². The lowest BCUT2D eigenvalue weighted by Gasteiger charge is -2.17. The van der Waals surface area contributed by atoms with Crippen molar-refractivity contribution < 1.29 is 14.6 Å². The van der Waals surface area contributed by atoms with Gasteiger partial charge in [0.1, 0.15) is 0 Å². The van der Waals surface area contributed by atoms with E-state index in [9.17, 15) is 5.11 Å². The van der Waals surface area contributed by atoms with Crippen LogP contribution in [0.3, 0.4) is 0 Å². The monoisotopic (exact) mass is 307 g/mol. The van der Waals surface area contributed by atoms with Crippen LogP contribution in [0, 0.1) is 0 Å². The largest absolute Gasteiger partial charge is 0.389 e. The van der Waals surface area contributed by atoms with Gasteiger partial charge in [0.15, 0.2) is 0 Å². The quantitative estimate of drug-likeness (QED) is 0.775. The van der Waals surface area contributed by atoms with Crippen molar-refractivity contribution in [3.8, 4) is 0 Å². The maximum atomic E-state index is 9.76. The SMILES string of the molecule is COCC(C)OCC(O)CNc1ccc(Cl)c(Cl)c1. The summed E-state index contributed by atoms with van der Waals surface area (Å²) >= 11 is 11.7. The van der Waals surface area contributed by atoms with Crippen molar-refractivity contribution in [2.75, 3.05) is 32.2 Å². The molecule has 0 aromatic heterocycles. The Morgan fingerprint density at radius 2 is 2.00 bits per heavy atom. The number of aliphatic hydroxyl groups is 1. The van der Waals surface area contributed by atoms with E-state index in [1.165, 1.54) is 0 Å². The number of nitrogens with one attached hydrogen (secondary N) is 1. The Labute approximate surface area is 123 Å². The minimum atomic E-state index is -0.603. The standard InChI is InChI=1S/C13H19Cl2NO3/c1-9(7-18-2)19-8-11(17)6-16-10-3-4-12(14)13(15)5-10/h3-5,9,11,16-17H,6-8H2,1-2H3. The van der Waals surface area contributed by atoms with Crippen LogP contribution < -0.4 is 5.32 Å². The van der Waals surface area contributed by atoms with Gasteiger partial charge in [-0.2, -0.15) is 0 Å². The summed E-state index contributed by atoms with van der Waals surface area (Å²) in [6.07, 6.45) is -0.640. The molecule has 2 N–H and O–H groups in total. The van der Waals surface area contributed by atoms with E-state index in [0.717, 1.165) is 5.69 Å². The summed E-state index contributed by atoms with van der Waals surface area (Å²) in [5.41, 5.74) is 0.804. The number of halogens is 2. The van der Waals surface area contributed by atoms with E-state index >= 15 is 0 Å². The first-order chi connectivity index (χ1) is 9.02. The third kappa shape index (κ3) is 6.45. The van der Waals surface area contributed by atoms with Gasteiger partial charge < -0.3 is 19.9 Å². The molecule has 0 aliphatic rings. The van der Waals surface area contributed by atoms with Crippen LogP contribution in [0.25, 0.3) is 0 Å². The molecule has 0 amide bonds. The topological polar surface area (TPSA) is 50.7 Å². The highest BCUT2D eigenvalue weighted by Gasteiger charge is 2.08. The van der Waals surface area contributed by atoms with Crippen LogP contribution in [0.5, 0.6) is 0 Å². The van der Waals surface area contributed by atoms with E-state index in [2.05, 4.69) is 5.32 Å². The molecule has 0 saturated carbocycles. The van der Waals surface area contributed by atoms with Crippen LogP contribution >= 0.6 is 23.2 Å². The third-order valence-corrected chi connectivity index (χ3v) is 3.17. The minimum Gasteiger partial charge on any atom is -0.389 e. The molecule has 0 saturated heterocycles.